The van der Waals surface area contributed by atoms with Gasteiger partial charge in [-0.15, -0.1) is 0 Å². The fourth-order valence-corrected chi connectivity index (χ4v) is 4.61. The van der Waals surface area contributed by atoms with Gasteiger partial charge in [0.1, 0.15) is 0 Å². The molecule has 2 heteroatoms. The van der Waals surface area contributed by atoms with Gasteiger partial charge in [0.05, 0.1) is 17.1 Å². The molecule has 0 aliphatic carbocycles. The SMILES string of the molecule is CCCc1ccc2c(c1)C(C)(C)C(C=Cc1c(-c3ccccc3)[nH]c3ccccc13)=N2. The zero-order chi connectivity index (χ0) is 21.4. The third-order valence-electron chi connectivity index (χ3n) is 6.37. The minimum atomic E-state index is -0.103. The molecule has 0 fully saturated rings. The molecule has 1 aromatic heterocycles. The smallest absolute Gasteiger partial charge is 0.0674 e. The lowest BCUT2D eigenvalue weighted by atomic mass is 9.80. The number of nitrogens with zero attached hydrogens (tertiary/aromatic N) is 1. The topological polar surface area (TPSA) is 28.1 Å². The highest BCUT2D eigenvalue weighted by atomic mass is 14.8. The van der Waals surface area contributed by atoms with Gasteiger partial charge in [-0.25, -0.2) is 0 Å². The number of aromatic nitrogens is 1. The first-order chi connectivity index (χ1) is 15.1. The van der Waals surface area contributed by atoms with Gasteiger partial charge in [0.15, 0.2) is 0 Å². The number of hydrogen-bond donors (Lipinski definition) is 1. The highest BCUT2D eigenvalue weighted by Gasteiger charge is 2.33. The average Bonchev–Trinajstić information content (AvgIpc) is 3.28. The molecule has 4 aromatic rings. The van der Waals surface area contributed by atoms with Gasteiger partial charge in [0, 0.05) is 21.9 Å². The minimum Gasteiger partial charge on any atom is -0.354 e. The molecule has 154 valence electrons. The monoisotopic (exact) mass is 404 g/mol. The van der Waals surface area contributed by atoms with Gasteiger partial charge in [-0.05, 0) is 41.3 Å². The van der Waals surface area contributed by atoms with Gasteiger partial charge in [-0.3, -0.25) is 4.99 Å². The lowest BCUT2D eigenvalue weighted by Crippen LogP contribution is -2.23. The van der Waals surface area contributed by atoms with Crippen molar-refractivity contribution < 1.29 is 0 Å². The highest BCUT2D eigenvalue weighted by molar-refractivity contribution is 6.11. The van der Waals surface area contributed by atoms with E-state index in [0.29, 0.717) is 0 Å². The number of aryl methyl sites for hydroxylation is 1. The Morgan fingerprint density at radius 3 is 2.48 bits per heavy atom. The van der Waals surface area contributed by atoms with Gasteiger partial charge in [0.25, 0.3) is 0 Å². The molecule has 3 aromatic carbocycles. The maximum Gasteiger partial charge on any atom is 0.0674 e. The Morgan fingerprint density at radius 2 is 1.68 bits per heavy atom. The van der Waals surface area contributed by atoms with Crippen molar-refractivity contribution in [2.75, 3.05) is 0 Å². The molecule has 0 unspecified atom stereocenters. The summed E-state index contributed by atoms with van der Waals surface area (Å²) < 4.78 is 0. The van der Waals surface area contributed by atoms with Crippen molar-refractivity contribution in [1.29, 1.82) is 0 Å². The Bertz CT molecular complexity index is 1300. The lowest BCUT2D eigenvalue weighted by Gasteiger charge is -2.21. The Morgan fingerprint density at radius 1 is 0.903 bits per heavy atom. The second-order valence-electron chi connectivity index (χ2n) is 8.88. The van der Waals surface area contributed by atoms with E-state index in [1.807, 2.05) is 0 Å². The summed E-state index contributed by atoms with van der Waals surface area (Å²) in [6, 6.07) is 25.8. The standard InChI is InChI=1S/C29H28N2/c1-4-10-20-15-17-26-24(19-20)29(2,3)27(30-26)18-16-23-22-13-8-9-14-25(22)31-28(23)21-11-6-5-7-12-21/h5-9,11-19,31H,4,10H2,1-3H3. The highest BCUT2D eigenvalue weighted by Crippen LogP contribution is 2.41. The average molecular weight is 405 g/mol. The third kappa shape index (κ3) is 3.42. The number of para-hydroxylation sites is 1. The van der Waals surface area contributed by atoms with Crippen LogP contribution in [0.1, 0.15) is 43.9 Å². The van der Waals surface area contributed by atoms with E-state index in [1.165, 1.54) is 27.6 Å². The van der Waals surface area contributed by atoms with Crippen molar-refractivity contribution in [2.24, 2.45) is 4.99 Å². The number of hydrogen-bond acceptors (Lipinski definition) is 1. The minimum absolute atomic E-state index is 0.103. The van der Waals surface area contributed by atoms with E-state index in [2.05, 4.69) is 111 Å². The van der Waals surface area contributed by atoms with Gasteiger partial charge in [-0.2, -0.15) is 0 Å². The summed E-state index contributed by atoms with van der Waals surface area (Å²) in [6.45, 7) is 6.80. The van der Waals surface area contributed by atoms with Crippen molar-refractivity contribution in [3.63, 3.8) is 0 Å². The molecule has 1 N–H and O–H groups in total. The zero-order valence-electron chi connectivity index (χ0n) is 18.4. The fourth-order valence-electron chi connectivity index (χ4n) is 4.61. The summed E-state index contributed by atoms with van der Waals surface area (Å²) >= 11 is 0. The summed E-state index contributed by atoms with van der Waals surface area (Å²) in [5.74, 6) is 0. The summed E-state index contributed by atoms with van der Waals surface area (Å²) in [5, 5.41) is 1.23. The Labute approximate surface area is 184 Å². The molecular formula is C29H28N2. The summed E-state index contributed by atoms with van der Waals surface area (Å²) in [7, 11) is 0. The summed E-state index contributed by atoms with van der Waals surface area (Å²) in [5.41, 5.74) is 9.55. The second kappa shape index (κ2) is 7.70. The van der Waals surface area contributed by atoms with Crippen molar-refractivity contribution in [3.8, 4) is 11.3 Å². The van der Waals surface area contributed by atoms with Crippen LogP contribution in [0.2, 0.25) is 0 Å². The molecule has 0 saturated carbocycles. The van der Waals surface area contributed by atoms with Crippen LogP contribution in [0.4, 0.5) is 5.69 Å². The van der Waals surface area contributed by atoms with Crippen molar-refractivity contribution in [1.82, 2.24) is 4.98 Å². The quantitative estimate of drug-likeness (QED) is 0.351. The summed E-state index contributed by atoms with van der Waals surface area (Å²) in [4.78, 5) is 8.63. The molecule has 0 atom stereocenters. The van der Waals surface area contributed by atoms with Crippen LogP contribution >= 0.6 is 0 Å². The number of aromatic amines is 1. The predicted octanol–water partition coefficient (Wildman–Crippen LogP) is 7.86. The molecule has 0 amide bonds. The Hall–Kier alpha value is -3.39. The maximum absolute atomic E-state index is 5.01. The number of nitrogens with one attached hydrogen (secondary N) is 1. The largest absolute Gasteiger partial charge is 0.354 e. The molecule has 0 spiro atoms. The van der Waals surface area contributed by atoms with Crippen molar-refractivity contribution in [3.05, 3.63) is 95.6 Å². The van der Waals surface area contributed by atoms with Crippen molar-refractivity contribution >= 4 is 28.4 Å². The van der Waals surface area contributed by atoms with E-state index < -0.39 is 0 Å². The number of fused-ring (bicyclic) bond motifs is 2. The van der Waals surface area contributed by atoms with Crippen LogP contribution in [0.5, 0.6) is 0 Å². The van der Waals surface area contributed by atoms with Gasteiger partial charge in [0.2, 0.25) is 0 Å². The first kappa shape index (κ1) is 19.6. The van der Waals surface area contributed by atoms with Crippen LogP contribution in [0.25, 0.3) is 28.2 Å². The number of rotatable bonds is 5. The van der Waals surface area contributed by atoms with Gasteiger partial charge in [-0.1, -0.05) is 93.9 Å². The first-order valence-electron chi connectivity index (χ1n) is 11.1. The van der Waals surface area contributed by atoms with Crippen LogP contribution in [0, 0.1) is 0 Å². The maximum atomic E-state index is 5.01. The Kier molecular flexibility index (Phi) is 4.86. The molecule has 1 aliphatic rings. The fraction of sp³-hybridized carbons (Fsp3) is 0.207. The molecule has 0 bridgehead atoms. The van der Waals surface area contributed by atoms with Crippen molar-refractivity contribution in [2.45, 2.75) is 39.0 Å². The number of aliphatic imine (C=N–C) groups is 1. The number of H-pyrrole nitrogens is 1. The molecular weight excluding hydrogens is 376 g/mol. The third-order valence-corrected chi connectivity index (χ3v) is 6.37. The van der Waals surface area contributed by atoms with Crippen LogP contribution in [-0.4, -0.2) is 10.7 Å². The predicted molar refractivity (Wildman–Crippen MR) is 133 cm³/mol. The van der Waals surface area contributed by atoms with E-state index >= 15 is 0 Å². The zero-order valence-corrected chi connectivity index (χ0v) is 18.4. The second-order valence-corrected chi connectivity index (χ2v) is 8.88. The lowest BCUT2D eigenvalue weighted by molar-refractivity contribution is 0.737. The van der Waals surface area contributed by atoms with Gasteiger partial charge < -0.3 is 4.98 Å². The number of benzene rings is 3. The Balaban J connectivity index is 1.57. The molecule has 0 saturated heterocycles. The van der Waals surface area contributed by atoms with E-state index in [4.69, 9.17) is 4.99 Å². The van der Waals surface area contributed by atoms with E-state index in [-0.39, 0.29) is 5.41 Å². The molecule has 2 nitrogen and oxygen atoms in total. The van der Waals surface area contributed by atoms with Crippen LogP contribution in [-0.2, 0) is 11.8 Å². The van der Waals surface area contributed by atoms with Crippen LogP contribution in [0.15, 0.2) is 83.9 Å². The molecule has 2 heterocycles. The summed E-state index contributed by atoms with van der Waals surface area (Å²) in [6.07, 6.45) is 6.72. The normalized spacial score (nSPS) is 14.9. The van der Waals surface area contributed by atoms with E-state index in [0.717, 1.165) is 35.5 Å². The van der Waals surface area contributed by atoms with Gasteiger partial charge >= 0.3 is 0 Å². The molecule has 5 rings (SSSR count). The first-order valence-corrected chi connectivity index (χ1v) is 11.1. The van der Waals surface area contributed by atoms with Crippen LogP contribution < -0.4 is 0 Å². The van der Waals surface area contributed by atoms with Crippen LogP contribution in [0.3, 0.4) is 0 Å². The number of allylic oxidation sites excluding steroid dienone is 1. The molecule has 0 radical (unpaired) electrons. The van der Waals surface area contributed by atoms with E-state index in [9.17, 15) is 0 Å². The molecule has 1 aliphatic heterocycles. The van der Waals surface area contributed by atoms with E-state index in [1.54, 1.807) is 0 Å². The molecule has 31 heavy (non-hydrogen) atoms.